The summed E-state index contributed by atoms with van der Waals surface area (Å²) in [6.45, 7) is 8.40. The summed E-state index contributed by atoms with van der Waals surface area (Å²) < 4.78 is 11.7. The molecule has 152 valence electrons. The fraction of sp³-hybridized carbons (Fsp3) is 0.192. The van der Waals surface area contributed by atoms with E-state index in [0.717, 1.165) is 49.9 Å². The van der Waals surface area contributed by atoms with E-state index >= 15 is 0 Å². The Kier molecular flexibility index (Phi) is 5.32. The molecule has 0 aliphatic heterocycles. The fourth-order valence-corrected chi connectivity index (χ4v) is 3.73. The largest absolute Gasteiger partial charge is 0.493 e. The van der Waals surface area contributed by atoms with Crippen molar-refractivity contribution in [2.24, 2.45) is 0 Å². The van der Waals surface area contributed by atoms with E-state index in [1.807, 2.05) is 82.3 Å². The number of allylic oxidation sites excluding steroid dienone is 1. The van der Waals surface area contributed by atoms with Crippen LogP contribution in [-0.4, -0.2) is 12.5 Å². The van der Waals surface area contributed by atoms with E-state index in [-0.39, 0.29) is 5.91 Å². The maximum Gasteiger partial charge on any atom is 0.248 e. The summed E-state index contributed by atoms with van der Waals surface area (Å²) in [7, 11) is 0. The molecule has 0 atom stereocenters. The monoisotopic (exact) mass is 399 g/mol. The smallest absolute Gasteiger partial charge is 0.248 e. The van der Waals surface area contributed by atoms with Crippen LogP contribution >= 0.6 is 0 Å². The molecule has 4 aromatic rings. The Morgan fingerprint density at radius 1 is 1.07 bits per heavy atom. The number of rotatable bonds is 5. The number of hydrogen-bond donors (Lipinski definition) is 1. The molecule has 0 aliphatic carbocycles. The summed E-state index contributed by atoms with van der Waals surface area (Å²) in [6.07, 6.45) is 1.62. The van der Waals surface area contributed by atoms with Gasteiger partial charge in [0.2, 0.25) is 5.91 Å². The van der Waals surface area contributed by atoms with E-state index in [2.05, 4.69) is 5.32 Å². The lowest BCUT2D eigenvalue weighted by Crippen LogP contribution is -2.09. The number of aryl methyl sites for hydroxylation is 2. The van der Waals surface area contributed by atoms with E-state index in [0.29, 0.717) is 12.4 Å². The molecule has 0 saturated carbocycles. The summed E-state index contributed by atoms with van der Waals surface area (Å²) in [5.74, 6) is 1.43. The first-order chi connectivity index (χ1) is 14.5. The van der Waals surface area contributed by atoms with Gasteiger partial charge in [0.15, 0.2) is 0 Å². The van der Waals surface area contributed by atoms with Gasteiger partial charge in [-0.05, 0) is 56.4 Å². The summed E-state index contributed by atoms with van der Waals surface area (Å²) in [5.41, 5.74) is 4.41. The fourth-order valence-electron chi connectivity index (χ4n) is 3.73. The molecule has 3 aromatic carbocycles. The second-order valence-corrected chi connectivity index (χ2v) is 7.40. The van der Waals surface area contributed by atoms with Gasteiger partial charge in [-0.25, -0.2) is 0 Å². The zero-order valence-electron chi connectivity index (χ0n) is 17.7. The number of nitrogens with one attached hydrogen (secondary N) is 1. The van der Waals surface area contributed by atoms with Crippen molar-refractivity contribution in [3.63, 3.8) is 0 Å². The van der Waals surface area contributed by atoms with Gasteiger partial charge in [-0.3, -0.25) is 4.79 Å². The van der Waals surface area contributed by atoms with Crippen LogP contribution in [0, 0.1) is 13.8 Å². The van der Waals surface area contributed by atoms with Gasteiger partial charge < -0.3 is 14.5 Å². The highest BCUT2D eigenvalue weighted by Crippen LogP contribution is 2.35. The zero-order chi connectivity index (χ0) is 21.3. The van der Waals surface area contributed by atoms with Crippen LogP contribution in [0.15, 0.2) is 65.1 Å². The second kappa shape index (κ2) is 8.07. The van der Waals surface area contributed by atoms with Crippen molar-refractivity contribution < 1.29 is 13.9 Å². The molecule has 0 saturated heterocycles. The standard InChI is InChI=1S/C26H25NO3/c1-5-29-24-15-25-22(17(3)18(4)30-25)14-21(24)16(2)13-26(28)27-23-12-8-10-19-9-6-7-11-20(19)23/h6-15H,5H2,1-4H3,(H,27,28)/b16-13+. The number of hydrogen-bond acceptors (Lipinski definition) is 3. The quantitative estimate of drug-likeness (QED) is 0.383. The Morgan fingerprint density at radius 3 is 2.63 bits per heavy atom. The number of furan rings is 1. The van der Waals surface area contributed by atoms with Gasteiger partial charge in [0, 0.05) is 34.2 Å². The molecule has 0 fully saturated rings. The number of carbonyl (C=O) groups is 1. The van der Waals surface area contributed by atoms with Crippen molar-refractivity contribution in [3.8, 4) is 5.75 Å². The lowest BCUT2D eigenvalue weighted by atomic mass is 10.0. The minimum absolute atomic E-state index is 0.175. The normalized spacial score (nSPS) is 11.8. The predicted molar refractivity (Wildman–Crippen MR) is 123 cm³/mol. The third-order valence-electron chi connectivity index (χ3n) is 5.40. The minimum atomic E-state index is -0.175. The molecule has 0 spiro atoms. The van der Waals surface area contributed by atoms with Crippen LogP contribution in [0.5, 0.6) is 5.75 Å². The van der Waals surface area contributed by atoms with Crippen molar-refractivity contribution >= 4 is 38.9 Å². The Bertz CT molecular complexity index is 1280. The molecule has 4 heteroatoms. The molecule has 0 bridgehead atoms. The topological polar surface area (TPSA) is 51.5 Å². The van der Waals surface area contributed by atoms with Crippen LogP contribution in [0.1, 0.15) is 30.7 Å². The maximum atomic E-state index is 12.8. The van der Waals surface area contributed by atoms with Crippen molar-refractivity contribution in [2.45, 2.75) is 27.7 Å². The highest BCUT2D eigenvalue weighted by Gasteiger charge is 2.15. The van der Waals surface area contributed by atoms with Gasteiger partial charge in [0.1, 0.15) is 17.1 Å². The number of benzene rings is 3. The molecule has 4 nitrogen and oxygen atoms in total. The first kappa shape index (κ1) is 19.8. The zero-order valence-corrected chi connectivity index (χ0v) is 17.7. The minimum Gasteiger partial charge on any atom is -0.493 e. The van der Waals surface area contributed by atoms with Crippen LogP contribution in [0.4, 0.5) is 5.69 Å². The molecule has 0 unspecified atom stereocenters. The molecular weight excluding hydrogens is 374 g/mol. The third kappa shape index (κ3) is 3.69. The Balaban J connectivity index is 1.69. The maximum absolute atomic E-state index is 12.8. The van der Waals surface area contributed by atoms with Gasteiger partial charge in [0.25, 0.3) is 0 Å². The Hall–Kier alpha value is -3.53. The number of fused-ring (bicyclic) bond motifs is 2. The second-order valence-electron chi connectivity index (χ2n) is 7.40. The van der Waals surface area contributed by atoms with Crippen molar-refractivity contribution in [2.75, 3.05) is 11.9 Å². The molecular formula is C26H25NO3. The molecule has 4 rings (SSSR count). The molecule has 1 amide bonds. The molecule has 30 heavy (non-hydrogen) atoms. The van der Waals surface area contributed by atoms with E-state index < -0.39 is 0 Å². The predicted octanol–water partition coefficient (Wildman–Crippen LogP) is 6.64. The average Bonchev–Trinajstić information content (AvgIpc) is 3.01. The summed E-state index contributed by atoms with van der Waals surface area (Å²) in [5, 5.41) is 6.15. The van der Waals surface area contributed by atoms with E-state index in [1.54, 1.807) is 6.08 Å². The van der Waals surface area contributed by atoms with Crippen LogP contribution in [0.25, 0.3) is 27.3 Å². The van der Waals surface area contributed by atoms with Gasteiger partial charge >= 0.3 is 0 Å². The number of amides is 1. The lowest BCUT2D eigenvalue weighted by molar-refractivity contribution is -0.111. The summed E-state index contributed by atoms with van der Waals surface area (Å²) >= 11 is 0. The van der Waals surface area contributed by atoms with Gasteiger partial charge in [-0.15, -0.1) is 0 Å². The van der Waals surface area contributed by atoms with Crippen molar-refractivity contribution in [1.29, 1.82) is 0 Å². The van der Waals surface area contributed by atoms with Gasteiger partial charge in [-0.1, -0.05) is 36.4 Å². The van der Waals surface area contributed by atoms with Crippen LogP contribution in [0.2, 0.25) is 0 Å². The molecule has 1 aromatic heterocycles. The van der Waals surface area contributed by atoms with Gasteiger partial charge in [0.05, 0.1) is 6.61 Å². The molecule has 1 heterocycles. The molecule has 1 N–H and O–H groups in total. The summed E-state index contributed by atoms with van der Waals surface area (Å²) in [4.78, 5) is 12.8. The molecule has 0 radical (unpaired) electrons. The van der Waals surface area contributed by atoms with E-state index in [4.69, 9.17) is 9.15 Å². The first-order valence-corrected chi connectivity index (χ1v) is 10.1. The van der Waals surface area contributed by atoms with Crippen molar-refractivity contribution in [3.05, 3.63) is 77.6 Å². The van der Waals surface area contributed by atoms with Gasteiger partial charge in [-0.2, -0.15) is 0 Å². The Morgan fingerprint density at radius 2 is 1.83 bits per heavy atom. The SMILES string of the molecule is CCOc1cc2oc(C)c(C)c2cc1/C(C)=C/C(=O)Nc1cccc2ccccc12. The number of anilines is 1. The van der Waals surface area contributed by atoms with Crippen LogP contribution in [0.3, 0.4) is 0 Å². The third-order valence-corrected chi connectivity index (χ3v) is 5.40. The number of carbonyl (C=O) groups excluding carboxylic acids is 1. The van der Waals surface area contributed by atoms with E-state index in [1.165, 1.54) is 0 Å². The highest BCUT2D eigenvalue weighted by atomic mass is 16.5. The van der Waals surface area contributed by atoms with E-state index in [9.17, 15) is 4.79 Å². The Labute approximate surface area is 176 Å². The molecule has 0 aliphatic rings. The average molecular weight is 399 g/mol. The van der Waals surface area contributed by atoms with Crippen LogP contribution < -0.4 is 10.1 Å². The summed E-state index contributed by atoms with van der Waals surface area (Å²) in [6, 6.07) is 17.8. The van der Waals surface area contributed by atoms with Crippen molar-refractivity contribution in [1.82, 2.24) is 0 Å². The first-order valence-electron chi connectivity index (χ1n) is 10.1. The highest BCUT2D eigenvalue weighted by molar-refractivity contribution is 6.09. The van der Waals surface area contributed by atoms with Crippen LogP contribution in [-0.2, 0) is 4.79 Å². The lowest BCUT2D eigenvalue weighted by Gasteiger charge is -2.12. The number of ether oxygens (including phenoxy) is 1.